The summed E-state index contributed by atoms with van der Waals surface area (Å²) in [5, 5.41) is 8.24. The summed E-state index contributed by atoms with van der Waals surface area (Å²) < 4.78 is 13.2. The molecule has 2 atom stereocenters. The number of carbonyl (C=O) groups excluding carboxylic acids is 1. The van der Waals surface area contributed by atoms with Gasteiger partial charge in [0, 0.05) is 31.4 Å². The number of furan rings is 1. The van der Waals surface area contributed by atoms with Gasteiger partial charge >= 0.3 is 0 Å². The van der Waals surface area contributed by atoms with Gasteiger partial charge in [0.2, 0.25) is 0 Å². The number of morpholine rings is 1. The number of hydrogen-bond acceptors (Lipinski definition) is 8. The van der Waals surface area contributed by atoms with Crippen molar-refractivity contribution in [2.75, 3.05) is 24.5 Å². The fourth-order valence-corrected chi connectivity index (χ4v) is 4.15. The zero-order valence-electron chi connectivity index (χ0n) is 18.3. The van der Waals surface area contributed by atoms with Gasteiger partial charge in [-0.05, 0) is 32.9 Å². The molecule has 1 saturated heterocycles. The number of nitrogens with zero attached hydrogens (tertiary/aromatic N) is 6. The van der Waals surface area contributed by atoms with Crippen LogP contribution in [-0.4, -0.2) is 62.5 Å². The Labute approximate surface area is 184 Å². The van der Waals surface area contributed by atoms with Crippen molar-refractivity contribution in [2.45, 2.75) is 39.5 Å². The van der Waals surface area contributed by atoms with Crippen molar-refractivity contribution < 1.29 is 13.9 Å². The fraction of sp³-hybridized carbons (Fsp3) is 0.409. The lowest BCUT2D eigenvalue weighted by molar-refractivity contribution is -0.00537. The van der Waals surface area contributed by atoms with E-state index >= 15 is 0 Å². The Kier molecular flexibility index (Phi) is 5.22. The second-order valence-corrected chi connectivity index (χ2v) is 8.17. The van der Waals surface area contributed by atoms with Gasteiger partial charge in [-0.15, -0.1) is 0 Å². The Morgan fingerprint density at radius 3 is 2.84 bits per heavy atom. The van der Waals surface area contributed by atoms with E-state index in [1.807, 2.05) is 19.1 Å². The van der Waals surface area contributed by atoms with Crippen LogP contribution in [0, 0.1) is 6.92 Å². The van der Waals surface area contributed by atoms with Crippen LogP contribution in [0.15, 0.2) is 35.1 Å². The molecule has 10 nitrogen and oxygen atoms in total. The fourth-order valence-electron chi connectivity index (χ4n) is 4.15. The Balaban J connectivity index is 1.28. The molecule has 0 spiro atoms. The molecule has 2 unspecified atom stereocenters. The average molecular weight is 435 g/mol. The highest BCUT2D eigenvalue weighted by atomic mass is 16.5. The van der Waals surface area contributed by atoms with E-state index in [2.05, 4.69) is 44.1 Å². The van der Waals surface area contributed by atoms with Crippen LogP contribution in [0.25, 0.3) is 22.1 Å². The van der Waals surface area contributed by atoms with Crippen LogP contribution in [0.4, 0.5) is 5.82 Å². The van der Waals surface area contributed by atoms with Gasteiger partial charge in [0.25, 0.3) is 5.91 Å². The van der Waals surface area contributed by atoms with E-state index in [0.29, 0.717) is 24.2 Å². The molecule has 32 heavy (non-hydrogen) atoms. The summed E-state index contributed by atoms with van der Waals surface area (Å²) in [6, 6.07) is 5.33. The SMILES string of the molecule is Cc1ccc2oc(C(=O)NCCn3ncc4c(N5CC(C)OC(C)C5)ncnc43)cc2n1. The zero-order chi connectivity index (χ0) is 22.2. The van der Waals surface area contributed by atoms with Crippen LogP contribution in [0.5, 0.6) is 0 Å². The van der Waals surface area contributed by atoms with E-state index in [-0.39, 0.29) is 23.9 Å². The number of anilines is 1. The van der Waals surface area contributed by atoms with Gasteiger partial charge in [-0.1, -0.05) is 0 Å². The normalized spacial score (nSPS) is 19.0. The minimum Gasteiger partial charge on any atom is -0.449 e. The van der Waals surface area contributed by atoms with E-state index < -0.39 is 0 Å². The smallest absolute Gasteiger partial charge is 0.287 e. The third-order valence-electron chi connectivity index (χ3n) is 5.48. The predicted molar refractivity (Wildman–Crippen MR) is 119 cm³/mol. The molecule has 4 aromatic heterocycles. The molecule has 0 aromatic carbocycles. The van der Waals surface area contributed by atoms with Crippen LogP contribution < -0.4 is 10.2 Å². The van der Waals surface area contributed by atoms with E-state index in [4.69, 9.17) is 9.15 Å². The van der Waals surface area contributed by atoms with Crippen LogP contribution in [-0.2, 0) is 11.3 Å². The molecule has 5 rings (SSSR count). The number of amides is 1. The molecule has 10 heteroatoms. The molecule has 0 saturated carbocycles. The number of nitrogens with one attached hydrogen (secondary N) is 1. The maximum Gasteiger partial charge on any atom is 0.287 e. The Morgan fingerprint density at radius 1 is 1.22 bits per heavy atom. The van der Waals surface area contributed by atoms with Crippen molar-refractivity contribution in [3.8, 4) is 0 Å². The first-order valence-electron chi connectivity index (χ1n) is 10.7. The molecular weight excluding hydrogens is 410 g/mol. The molecule has 1 aliphatic rings. The van der Waals surface area contributed by atoms with Gasteiger partial charge in [0.05, 0.1) is 30.3 Å². The molecule has 5 heterocycles. The second kappa shape index (κ2) is 8.19. The molecule has 4 aromatic rings. The minimum absolute atomic E-state index is 0.131. The number of aromatic nitrogens is 5. The first kappa shape index (κ1) is 20.4. The third kappa shape index (κ3) is 3.89. The molecule has 0 aliphatic carbocycles. The Hall–Kier alpha value is -3.53. The predicted octanol–water partition coefficient (Wildman–Crippen LogP) is 2.32. The summed E-state index contributed by atoms with van der Waals surface area (Å²) in [5.74, 6) is 0.810. The topological polar surface area (TPSA) is 111 Å². The highest BCUT2D eigenvalue weighted by Crippen LogP contribution is 2.25. The van der Waals surface area contributed by atoms with Crippen molar-refractivity contribution in [3.05, 3.63) is 42.2 Å². The first-order valence-corrected chi connectivity index (χ1v) is 10.7. The summed E-state index contributed by atoms with van der Waals surface area (Å²) in [4.78, 5) is 28.0. The average Bonchev–Trinajstić information content (AvgIpc) is 3.37. The number of rotatable bonds is 5. The molecule has 0 bridgehead atoms. The van der Waals surface area contributed by atoms with Crippen molar-refractivity contribution in [3.63, 3.8) is 0 Å². The van der Waals surface area contributed by atoms with Gasteiger partial charge in [0.15, 0.2) is 17.0 Å². The van der Waals surface area contributed by atoms with E-state index in [0.717, 1.165) is 35.6 Å². The van der Waals surface area contributed by atoms with Gasteiger partial charge in [-0.2, -0.15) is 5.10 Å². The number of hydrogen-bond donors (Lipinski definition) is 1. The van der Waals surface area contributed by atoms with Crippen molar-refractivity contribution in [1.82, 2.24) is 30.0 Å². The molecule has 1 amide bonds. The quantitative estimate of drug-likeness (QED) is 0.508. The summed E-state index contributed by atoms with van der Waals surface area (Å²) in [5.41, 5.74) is 2.87. The lowest BCUT2D eigenvalue weighted by Gasteiger charge is -2.36. The standard InChI is InChI=1S/C22H25N7O3/c1-13-4-5-18-17(27-13)8-19(32-18)22(30)23-6-7-29-21-16(9-26-29)20(24-12-25-21)28-10-14(2)31-15(3)11-28/h4-5,8-9,12,14-15H,6-7,10-11H2,1-3H3,(H,23,30). The lowest BCUT2D eigenvalue weighted by Crippen LogP contribution is -2.45. The summed E-state index contributed by atoms with van der Waals surface area (Å²) in [7, 11) is 0. The highest BCUT2D eigenvalue weighted by Gasteiger charge is 2.25. The molecule has 1 aliphatic heterocycles. The summed E-state index contributed by atoms with van der Waals surface area (Å²) in [6.45, 7) is 8.41. The number of fused-ring (bicyclic) bond motifs is 2. The van der Waals surface area contributed by atoms with Crippen LogP contribution >= 0.6 is 0 Å². The molecule has 1 fully saturated rings. The van der Waals surface area contributed by atoms with E-state index in [9.17, 15) is 4.79 Å². The minimum atomic E-state index is -0.288. The van der Waals surface area contributed by atoms with Gasteiger partial charge in [0.1, 0.15) is 17.7 Å². The van der Waals surface area contributed by atoms with Crippen LogP contribution in [0.2, 0.25) is 0 Å². The molecule has 166 valence electrons. The van der Waals surface area contributed by atoms with Crippen molar-refractivity contribution >= 4 is 33.9 Å². The van der Waals surface area contributed by atoms with Crippen LogP contribution in [0.3, 0.4) is 0 Å². The summed E-state index contributed by atoms with van der Waals surface area (Å²) in [6.07, 6.45) is 3.60. The van der Waals surface area contributed by atoms with Crippen LogP contribution in [0.1, 0.15) is 30.1 Å². The van der Waals surface area contributed by atoms with Crippen molar-refractivity contribution in [2.24, 2.45) is 0 Å². The Bertz CT molecular complexity index is 1270. The maximum atomic E-state index is 12.5. The van der Waals surface area contributed by atoms with Gasteiger partial charge in [-0.25, -0.2) is 19.6 Å². The number of ether oxygens (including phenoxy) is 1. The van der Waals surface area contributed by atoms with E-state index in [1.54, 1.807) is 23.3 Å². The lowest BCUT2D eigenvalue weighted by atomic mass is 10.2. The van der Waals surface area contributed by atoms with Gasteiger partial charge < -0.3 is 19.4 Å². The molecule has 1 N–H and O–H groups in total. The number of aryl methyl sites for hydroxylation is 1. The monoisotopic (exact) mass is 435 g/mol. The maximum absolute atomic E-state index is 12.5. The molecule has 0 radical (unpaired) electrons. The summed E-state index contributed by atoms with van der Waals surface area (Å²) >= 11 is 0. The van der Waals surface area contributed by atoms with E-state index in [1.165, 1.54) is 0 Å². The van der Waals surface area contributed by atoms with Gasteiger partial charge in [-0.3, -0.25) is 4.79 Å². The third-order valence-corrected chi connectivity index (χ3v) is 5.48. The second-order valence-electron chi connectivity index (χ2n) is 8.17. The number of carbonyl (C=O) groups is 1. The highest BCUT2D eigenvalue weighted by molar-refractivity contribution is 5.95. The number of pyridine rings is 1. The first-order chi connectivity index (χ1) is 15.5. The van der Waals surface area contributed by atoms with Crippen molar-refractivity contribution in [1.29, 1.82) is 0 Å². The Morgan fingerprint density at radius 2 is 2.03 bits per heavy atom. The molecular formula is C22H25N7O3. The zero-order valence-corrected chi connectivity index (χ0v) is 18.3. The largest absolute Gasteiger partial charge is 0.449 e.